The molecule has 1 aromatic rings. The molecule has 0 aliphatic rings. The van der Waals surface area contributed by atoms with Crippen LogP contribution in [0.5, 0.6) is 0 Å². The zero-order valence-electron chi connectivity index (χ0n) is 10.7. The SMILES string of the molecule is CCC(CC)c1ccc(N=C(C)C)cc1N. The molecule has 0 radical (unpaired) electrons. The molecule has 2 heteroatoms. The smallest absolute Gasteiger partial charge is 0.0649 e. The zero-order valence-corrected chi connectivity index (χ0v) is 10.7. The highest BCUT2D eigenvalue weighted by Crippen LogP contribution is 2.30. The van der Waals surface area contributed by atoms with Crippen molar-refractivity contribution in [3.63, 3.8) is 0 Å². The minimum Gasteiger partial charge on any atom is -0.398 e. The summed E-state index contributed by atoms with van der Waals surface area (Å²) in [6, 6.07) is 6.15. The van der Waals surface area contributed by atoms with Gasteiger partial charge in [-0.1, -0.05) is 19.9 Å². The number of benzene rings is 1. The Morgan fingerprint density at radius 2 is 1.88 bits per heavy atom. The van der Waals surface area contributed by atoms with Gasteiger partial charge in [0, 0.05) is 11.4 Å². The average Bonchev–Trinajstić information content (AvgIpc) is 2.21. The lowest BCUT2D eigenvalue weighted by Crippen LogP contribution is -2.00. The van der Waals surface area contributed by atoms with Crippen LogP contribution in [-0.4, -0.2) is 5.71 Å². The summed E-state index contributed by atoms with van der Waals surface area (Å²) in [4.78, 5) is 4.41. The fourth-order valence-corrected chi connectivity index (χ4v) is 1.99. The Balaban J connectivity index is 3.04. The number of nitrogens with two attached hydrogens (primary N) is 1. The van der Waals surface area contributed by atoms with E-state index in [0.29, 0.717) is 5.92 Å². The number of aliphatic imine (C=N–C) groups is 1. The molecular weight excluding hydrogens is 196 g/mol. The molecule has 16 heavy (non-hydrogen) atoms. The molecule has 0 heterocycles. The van der Waals surface area contributed by atoms with E-state index in [1.54, 1.807) is 0 Å². The van der Waals surface area contributed by atoms with Crippen molar-refractivity contribution in [1.29, 1.82) is 0 Å². The molecule has 0 unspecified atom stereocenters. The van der Waals surface area contributed by atoms with Crippen LogP contribution in [0, 0.1) is 0 Å². The van der Waals surface area contributed by atoms with E-state index in [9.17, 15) is 0 Å². The maximum atomic E-state index is 6.08. The summed E-state index contributed by atoms with van der Waals surface area (Å²) in [7, 11) is 0. The van der Waals surface area contributed by atoms with Crippen LogP contribution in [0.4, 0.5) is 11.4 Å². The fourth-order valence-electron chi connectivity index (χ4n) is 1.99. The molecule has 0 atom stereocenters. The second-order valence-electron chi connectivity index (χ2n) is 4.39. The van der Waals surface area contributed by atoms with Crippen LogP contribution in [0.15, 0.2) is 23.2 Å². The van der Waals surface area contributed by atoms with Gasteiger partial charge >= 0.3 is 0 Å². The van der Waals surface area contributed by atoms with E-state index in [-0.39, 0.29) is 0 Å². The topological polar surface area (TPSA) is 38.4 Å². The van der Waals surface area contributed by atoms with E-state index in [2.05, 4.69) is 31.0 Å². The van der Waals surface area contributed by atoms with Crippen molar-refractivity contribution in [1.82, 2.24) is 0 Å². The summed E-state index contributed by atoms with van der Waals surface area (Å²) in [5.41, 5.74) is 10.2. The molecule has 0 saturated carbocycles. The van der Waals surface area contributed by atoms with Crippen molar-refractivity contribution >= 4 is 17.1 Å². The number of nitrogens with zero attached hydrogens (tertiary/aromatic N) is 1. The summed E-state index contributed by atoms with van der Waals surface area (Å²) < 4.78 is 0. The van der Waals surface area contributed by atoms with E-state index >= 15 is 0 Å². The summed E-state index contributed by atoms with van der Waals surface area (Å²) in [6.45, 7) is 8.39. The summed E-state index contributed by atoms with van der Waals surface area (Å²) in [6.07, 6.45) is 2.27. The molecule has 0 fully saturated rings. The normalized spacial score (nSPS) is 10.6. The molecule has 2 N–H and O–H groups in total. The Labute approximate surface area is 98.6 Å². The van der Waals surface area contributed by atoms with Crippen molar-refractivity contribution in [3.05, 3.63) is 23.8 Å². The monoisotopic (exact) mass is 218 g/mol. The minimum atomic E-state index is 0.570. The van der Waals surface area contributed by atoms with Gasteiger partial charge in [-0.25, -0.2) is 0 Å². The molecule has 88 valence electrons. The number of anilines is 1. The van der Waals surface area contributed by atoms with Crippen molar-refractivity contribution in [3.8, 4) is 0 Å². The van der Waals surface area contributed by atoms with Gasteiger partial charge in [-0.15, -0.1) is 0 Å². The van der Waals surface area contributed by atoms with Crippen LogP contribution in [0.1, 0.15) is 52.0 Å². The highest BCUT2D eigenvalue weighted by atomic mass is 14.7. The predicted octanol–water partition coefficient (Wildman–Crippen LogP) is 4.28. The van der Waals surface area contributed by atoms with Crippen molar-refractivity contribution < 1.29 is 0 Å². The van der Waals surface area contributed by atoms with E-state index in [1.165, 1.54) is 5.56 Å². The van der Waals surface area contributed by atoms with Gasteiger partial charge in [0.1, 0.15) is 0 Å². The van der Waals surface area contributed by atoms with Gasteiger partial charge in [-0.05, 0) is 50.3 Å². The van der Waals surface area contributed by atoms with Crippen LogP contribution in [0.25, 0.3) is 0 Å². The lowest BCUT2D eigenvalue weighted by atomic mass is 9.92. The first-order valence-electron chi connectivity index (χ1n) is 5.99. The Hall–Kier alpha value is -1.31. The quantitative estimate of drug-likeness (QED) is 0.594. The van der Waals surface area contributed by atoms with Gasteiger partial charge in [-0.3, -0.25) is 4.99 Å². The third kappa shape index (κ3) is 3.09. The predicted molar refractivity (Wildman–Crippen MR) is 72.6 cm³/mol. The van der Waals surface area contributed by atoms with Crippen LogP contribution in [-0.2, 0) is 0 Å². The number of nitrogen functional groups attached to an aromatic ring is 1. The summed E-state index contributed by atoms with van der Waals surface area (Å²) in [5.74, 6) is 0.570. The van der Waals surface area contributed by atoms with Crippen molar-refractivity contribution in [2.45, 2.75) is 46.5 Å². The fraction of sp³-hybridized carbons (Fsp3) is 0.500. The van der Waals surface area contributed by atoms with Crippen molar-refractivity contribution in [2.75, 3.05) is 5.73 Å². The Bertz CT molecular complexity index is 372. The molecule has 1 aromatic carbocycles. The van der Waals surface area contributed by atoms with E-state index in [0.717, 1.165) is 29.9 Å². The number of hydrogen-bond acceptors (Lipinski definition) is 2. The van der Waals surface area contributed by atoms with Crippen LogP contribution in [0.3, 0.4) is 0 Å². The largest absolute Gasteiger partial charge is 0.398 e. The molecule has 0 bridgehead atoms. The van der Waals surface area contributed by atoms with Crippen molar-refractivity contribution in [2.24, 2.45) is 4.99 Å². The molecule has 1 rings (SSSR count). The minimum absolute atomic E-state index is 0.570. The molecule has 2 nitrogen and oxygen atoms in total. The van der Waals surface area contributed by atoms with E-state index in [1.807, 2.05) is 19.9 Å². The zero-order chi connectivity index (χ0) is 12.1. The van der Waals surface area contributed by atoms with Crippen LogP contribution in [0.2, 0.25) is 0 Å². The van der Waals surface area contributed by atoms with Gasteiger partial charge in [-0.2, -0.15) is 0 Å². The molecular formula is C14H22N2. The van der Waals surface area contributed by atoms with Gasteiger partial charge in [0.25, 0.3) is 0 Å². The maximum absolute atomic E-state index is 6.08. The molecule has 0 aliphatic heterocycles. The van der Waals surface area contributed by atoms with E-state index < -0.39 is 0 Å². The standard InChI is InChI=1S/C14H22N2/c1-5-11(6-2)13-8-7-12(9-14(13)15)16-10(3)4/h7-9,11H,5-6,15H2,1-4H3. The van der Waals surface area contributed by atoms with E-state index in [4.69, 9.17) is 5.73 Å². The van der Waals surface area contributed by atoms with Gasteiger partial charge in [0.2, 0.25) is 0 Å². The molecule has 0 saturated heterocycles. The lowest BCUT2D eigenvalue weighted by Gasteiger charge is -2.15. The third-order valence-electron chi connectivity index (χ3n) is 2.85. The second kappa shape index (κ2) is 5.69. The van der Waals surface area contributed by atoms with Gasteiger partial charge < -0.3 is 5.73 Å². The summed E-state index contributed by atoms with van der Waals surface area (Å²) in [5, 5.41) is 0. The molecule has 0 amide bonds. The first-order valence-corrected chi connectivity index (χ1v) is 5.99. The Morgan fingerprint density at radius 1 is 1.25 bits per heavy atom. The molecule has 0 aromatic heterocycles. The highest BCUT2D eigenvalue weighted by molar-refractivity contribution is 5.82. The third-order valence-corrected chi connectivity index (χ3v) is 2.85. The number of rotatable bonds is 4. The summed E-state index contributed by atoms with van der Waals surface area (Å²) >= 11 is 0. The van der Waals surface area contributed by atoms with Gasteiger partial charge in [0.15, 0.2) is 0 Å². The molecule has 0 spiro atoms. The average molecular weight is 218 g/mol. The van der Waals surface area contributed by atoms with Crippen LogP contribution < -0.4 is 5.73 Å². The van der Waals surface area contributed by atoms with Crippen LogP contribution >= 0.6 is 0 Å². The lowest BCUT2D eigenvalue weighted by molar-refractivity contribution is 0.644. The van der Waals surface area contributed by atoms with Gasteiger partial charge in [0.05, 0.1) is 5.69 Å². The second-order valence-corrected chi connectivity index (χ2v) is 4.39. The highest BCUT2D eigenvalue weighted by Gasteiger charge is 2.10. The first kappa shape index (κ1) is 12.8. The Kier molecular flexibility index (Phi) is 4.53. The molecule has 0 aliphatic carbocycles. The number of hydrogen-bond donors (Lipinski definition) is 1. The maximum Gasteiger partial charge on any atom is 0.0649 e. The Morgan fingerprint density at radius 3 is 2.31 bits per heavy atom. The first-order chi connectivity index (χ1) is 7.58.